The van der Waals surface area contributed by atoms with E-state index in [1.807, 2.05) is 0 Å². The van der Waals surface area contributed by atoms with Gasteiger partial charge in [0, 0.05) is 51.4 Å². The van der Waals surface area contributed by atoms with Crippen LogP contribution < -0.4 is 10.6 Å². The number of carbonyl (C=O) groups is 3. The summed E-state index contributed by atoms with van der Waals surface area (Å²) in [5, 5.41) is 5.40. The van der Waals surface area contributed by atoms with Crippen LogP contribution in [0.5, 0.6) is 0 Å². The first-order valence-corrected chi connectivity index (χ1v) is 9.93. The number of rotatable bonds is 5. The number of carbonyl (C=O) groups excluding carboxylic acids is 3. The zero-order valence-electron chi connectivity index (χ0n) is 17.5. The molecule has 0 spiro atoms. The Morgan fingerprint density at radius 2 is 1.90 bits per heavy atom. The molecule has 0 aliphatic heterocycles. The minimum atomic E-state index is -0.634. The van der Waals surface area contributed by atoms with Crippen molar-refractivity contribution >= 4 is 35.2 Å². The first-order valence-electron chi connectivity index (χ1n) is 9.93. The first kappa shape index (κ1) is 20.6. The summed E-state index contributed by atoms with van der Waals surface area (Å²) in [4.78, 5) is 46.5. The van der Waals surface area contributed by atoms with Crippen molar-refractivity contribution in [2.45, 2.75) is 19.3 Å². The maximum absolute atomic E-state index is 14.9. The average Bonchev–Trinajstić information content (AvgIpc) is 3.51. The molecule has 0 unspecified atom stereocenters. The van der Waals surface area contributed by atoms with Gasteiger partial charge in [0.2, 0.25) is 5.91 Å². The Labute approximate surface area is 178 Å². The van der Waals surface area contributed by atoms with Gasteiger partial charge in [-0.25, -0.2) is 9.37 Å². The number of anilines is 1. The SMILES string of the molecule is CNC(=O)c1cnc(NC(=O)C2CC2)c2c1C=C(c1ncc(C(=O)N(C)C)cc1F)C2. The number of nitrogens with one attached hydrogen (secondary N) is 2. The molecule has 3 amide bonds. The van der Waals surface area contributed by atoms with Crippen LogP contribution in [0.15, 0.2) is 18.5 Å². The van der Waals surface area contributed by atoms with Gasteiger partial charge in [0.05, 0.1) is 11.1 Å². The second-order valence-corrected chi connectivity index (χ2v) is 7.86. The molecule has 0 aromatic carbocycles. The normalized spacial score (nSPS) is 14.5. The van der Waals surface area contributed by atoms with E-state index >= 15 is 0 Å². The van der Waals surface area contributed by atoms with Crippen molar-refractivity contribution < 1.29 is 18.8 Å². The highest BCUT2D eigenvalue weighted by atomic mass is 19.1. The van der Waals surface area contributed by atoms with Gasteiger partial charge in [-0.1, -0.05) is 0 Å². The Kier molecular flexibility index (Phi) is 5.26. The Morgan fingerprint density at radius 1 is 1.16 bits per heavy atom. The molecule has 8 nitrogen and oxygen atoms in total. The molecule has 0 bridgehead atoms. The smallest absolute Gasteiger partial charge is 0.255 e. The Bertz CT molecular complexity index is 1140. The molecule has 1 fully saturated rings. The summed E-state index contributed by atoms with van der Waals surface area (Å²) in [6.07, 6.45) is 6.37. The molecule has 0 radical (unpaired) electrons. The Morgan fingerprint density at radius 3 is 2.52 bits per heavy atom. The number of pyridine rings is 2. The molecule has 0 saturated heterocycles. The number of hydrogen-bond acceptors (Lipinski definition) is 5. The zero-order valence-corrected chi connectivity index (χ0v) is 17.5. The van der Waals surface area contributed by atoms with Crippen LogP contribution in [0.2, 0.25) is 0 Å². The van der Waals surface area contributed by atoms with Crippen molar-refractivity contribution in [1.29, 1.82) is 0 Å². The minimum absolute atomic E-state index is 0.00853. The number of fused-ring (bicyclic) bond motifs is 1. The number of amides is 3. The molecular formula is C22H22FN5O3. The summed E-state index contributed by atoms with van der Waals surface area (Å²) in [6, 6.07) is 1.15. The fourth-order valence-corrected chi connectivity index (χ4v) is 3.52. The second-order valence-electron chi connectivity index (χ2n) is 7.86. The summed E-state index contributed by atoms with van der Waals surface area (Å²) >= 11 is 0. The van der Waals surface area contributed by atoms with E-state index in [1.165, 1.54) is 24.3 Å². The Balaban J connectivity index is 1.71. The van der Waals surface area contributed by atoms with Gasteiger partial charge < -0.3 is 15.5 Å². The summed E-state index contributed by atoms with van der Waals surface area (Å²) < 4.78 is 14.9. The van der Waals surface area contributed by atoms with Crippen LogP contribution in [0.25, 0.3) is 11.6 Å². The fourth-order valence-electron chi connectivity index (χ4n) is 3.52. The van der Waals surface area contributed by atoms with Crippen LogP contribution in [0.1, 0.15) is 50.4 Å². The summed E-state index contributed by atoms with van der Waals surface area (Å²) in [5.74, 6) is -1.06. The lowest BCUT2D eigenvalue weighted by molar-refractivity contribution is -0.117. The van der Waals surface area contributed by atoms with E-state index in [1.54, 1.807) is 20.2 Å². The van der Waals surface area contributed by atoms with Crippen molar-refractivity contribution in [3.8, 4) is 0 Å². The standard InChI is InChI=1S/C22H22FN5O3/c1-24-21(30)16-10-26-19(27-20(29)11-4-5-11)15-7-12(6-14(15)16)18-17(23)8-13(9-25-18)22(31)28(2)3/h6,8-11H,4-5,7H2,1-3H3,(H,24,30)(H,26,27,29). The lowest BCUT2D eigenvalue weighted by Crippen LogP contribution is -2.22. The van der Waals surface area contributed by atoms with E-state index in [0.717, 1.165) is 18.9 Å². The summed E-state index contributed by atoms with van der Waals surface area (Å²) in [5.41, 5.74) is 2.32. The highest BCUT2D eigenvalue weighted by molar-refractivity contribution is 6.04. The molecule has 9 heteroatoms. The average molecular weight is 423 g/mol. The number of hydrogen-bond donors (Lipinski definition) is 2. The molecule has 2 aromatic rings. The highest BCUT2D eigenvalue weighted by Gasteiger charge is 2.32. The van der Waals surface area contributed by atoms with E-state index in [2.05, 4.69) is 20.6 Å². The predicted octanol–water partition coefficient (Wildman–Crippen LogP) is 2.12. The minimum Gasteiger partial charge on any atom is -0.355 e. The third kappa shape index (κ3) is 3.90. The number of allylic oxidation sites excluding steroid dienone is 1. The highest BCUT2D eigenvalue weighted by Crippen LogP contribution is 2.38. The van der Waals surface area contributed by atoms with E-state index in [0.29, 0.717) is 28.1 Å². The lowest BCUT2D eigenvalue weighted by atomic mass is 10.0. The van der Waals surface area contributed by atoms with Crippen LogP contribution in [-0.4, -0.2) is 53.7 Å². The maximum atomic E-state index is 14.9. The van der Waals surface area contributed by atoms with Crippen molar-refractivity contribution in [2.24, 2.45) is 5.92 Å². The fraction of sp³-hybridized carbons (Fsp3) is 0.318. The van der Waals surface area contributed by atoms with Gasteiger partial charge in [-0.3, -0.25) is 19.4 Å². The molecule has 2 aliphatic carbocycles. The number of halogens is 1. The molecule has 4 rings (SSSR count). The quantitative estimate of drug-likeness (QED) is 0.767. The van der Waals surface area contributed by atoms with Crippen LogP contribution in [-0.2, 0) is 11.2 Å². The molecule has 2 N–H and O–H groups in total. The van der Waals surface area contributed by atoms with Gasteiger partial charge >= 0.3 is 0 Å². The number of nitrogens with zero attached hydrogens (tertiary/aromatic N) is 3. The molecule has 31 heavy (non-hydrogen) atoms. The maximum Gasteiger partial charge on any atom is 0.255 e. The third-order valence-corrected chi connectivity index (χ3v) is 5.37. The van der Waals surface area contributed by atoms with Crippen LogP contribution in [0, 0.1) is 11.7 Å². The molecule has 2 aliphatic rings. The topological polar surface area (TPSA) is 104 Å². The van der Waals surface area contributed by atoms with Crippen LogP contribution >= 0.6 is 0 Å². The molecule has 2 heterocycles. The number of aromatic nitrogens is 2. The van der Waals surface area contributed by atoms with E-state index in [-0.39, 0.29) is 41.3 Å². The zero-order chi connectivity index (χ0) is 22.3. The third-order valence-electron chi connectivity index (χ3n) is 5.37. The van der Waals surface area contributed by atoms with E-state index < -0.39 is 5.82 Å². The van der Waals surface area contributed by atoms with Gasteiger partial charge in [-0.2, -0.15) is 0 Å². The van der Waals surface area contributed by atoms with Gasteiger partial charge in [0.1, 0.15) is 17.3 Å². The largest absolute Gasteiger partial charge is 0.355 e. The van der Waals surface area contributed by atoms with Crippen molar-refractivity contribution in [2.75, 3.05) is 26.5 Å². The van der Waals surface area contributed by atoms with Crippen molar-refractivity contribution in [3.05, 3.63) is 52.2 Å². The lowest BCUT2D eigenvalue weighted by Gasteiger charge is -2.12. The second kappa shape index (κ2) is 7.90. The van der Waals surface area contributed by atoms with Gasteiger partial charge in [-0.15, -0.1) is 0 Å². The van der Waals surface area contributed by atoms with E-state index in [4.69, 9.17) is 0 Å². The van der Waals surface area contributed by atoms with Gasteiger partial charge in [0.25, 0.3) is 11.8 Å². The van der Waals surface area contributed by atoms with Gasteiger partial charge in [0.15, 0.2) is 0 Å². The molecular weight excluding hydrogens is 401 g/mol. The molecule has 0 atom stereocenters. The van der Waals surface area contributed by atoms with Crippen molar-refractivity contribution in [1.82, 2.24) is 20.2 Å². The monoisotopic (exact) mass is 423 g/mol. The molecule has 2 aromatic heterocycles. The van der Waals surface area contributed by atoms with Crippen LogP contribution in [0.3, 0.4) is 0 Å². The summed E-state index contributed by atoms with van der Waals surface area (Å²) in [7, 11) is 4.67. The summed E-state index contributed by atoms with van der Waals surface area (Å²) in [6.45, 7) is 0. The Hall–Kier alpha value is -3.62. The van der Waals surface area contributed by atoms with Crippen molar-refractivity contribution in [3.63, 3.8) is 0 Å². The predicted molar refractivity (Wildman–Crippen MR) is 113 cm³/mol. The van der Waals surface area contributed by atoms with Crippen LogP contribution in [0.4, 0.5) is 10.2 Å². The van der Waals surface area contributed by atoms with Gasteiger partial charge in [-0.05, 0) is 36.1 Å². The van der Waals surface area contributed by atoms with E-state index in [9.17, 15) is 18.8 Å². The molecule has 1 saturated carbocycles. The molecule has 160 valence electrons. The first-order chi connectivity index (χ1) is 14.8.